The van der Waals surface area contributed by atoms with Crippen LogP contribution in [0.25, 0.3) is 10.6 Å². The largest absolute Gasteiger partial charge is 0.454 e. The zero-order valence-corrected chi connectivity index (χ0v) is 11.8. The number of para-hydroxylation sites is 1. The van der Waals surface area contributed by atoms with E-state index >= 15 is 0 Å². The Morgan fingerprint density at radius 3 is 2.71 bits per heavy atom. The molecule has 0 amide bonds. The second-order valence-corrected chi connectivity index (χ2v) is 5.45. The van der Waals surface area contributed by atoms with Crippen LogP contribution in [0.15, 0.2) is 48.5 Å². The number of hydrogen-bond acceptors (Lipinski definition) is 6. The Kier molecular flexibility index (Phi) is 2.93. The fraction of sp³-hybridized carbons (Fsp3) is 0.0667. The number of rotatable bonds is 3. The van der Waals surface area contributed by atoms with E-state index in [1.807, 2.05) is 48.5 Å². The molecule has 0 spiro atoms. The maximum atomic E-state index is 5.38. The summed E-state index contributed by atoms with van der Waals surface area (Å²) in [7, 11) is 0. The van der Waals surface area contributed by atoms with E-state index in [9.17, 15) is 0 Å². The molecule has 1 N–H and O–H groups in total. The molecule has 0 bridgehead atoms. The maximum Gasteiger partial charge on any atom is 0.231 e. The van der Waals surface area contributed by atoms with Crippen molar-refractivity contribution in [3.63, 3.8) is 0 Å². The van der Waals surface area contributed by atoms with Gasteiger partial charge in [-0.15, -0.1) is 10.2 Å². The standard InChI is InChI=1S/C15H11N3O2S/c1-2-4-11(5-3-1)16-15-18-17-14(21-15)10-6-7-12-13(8-10)20-9-19-12/h1-8H,9H2,(H,16,18). The topological polar surface area (TPSA) is 56.3 Å². The molecule has 0 saturated carbocycles. The van der Waals surface area contributed by atoms with Crippen molar-refractivity contribution >= 4 is 22.2 Å². The van der Waals surface area contributed by atoms with Gasteiger partial charge in [0.25, 0.3) is 0 Å². The third-order valence-corrected chi connectivity index (χ3v) is 3.96. The molecule has 0 aliphatic carbocycles. The SMILES string of the molecule is c1ccc(Nc2nnc(-c3ccc4c(c3)OCO4)s2)cc1. The first kappa shape index (κ1) is 12.2. The van der Waals surface area contributed by atoms with Gasteiger partial charge in [-0.3, -0.25) is 0 Å². The number of benzene rings is 2. The van der Waals surface area contributed by atoms with Crippen molar-refractivity contribution in [2.45, 2.75) is 0 Å². The molecular weight excluding hydrogens is 286 g/mol. The van der Waals surface area contributed by atoms with E-state index in [0.717, 1.165) is 32.9 Å². The summed E-state index contributed by atoms with van der Waals surface area (Å²) in [4.78, 5) is 0. The predicted molar refractivity (Wildman–Crippen MR) is 81.2 cm³/mol. The smallest absolute Gasteiger partial charge is 0.231 e. The average Bonchev–Trinajstić information content (AvgIpc) is 3.16. The van der Waals surface area contributed by atoms with Crippen molar-refractivity contribution < 1.29 is 9.47 Å². The van der Waals surface area contributed by atoms with Crippen molar-refractivity contribution in [3.8, 4) is 22.1 Å². The average molecular weight is 297 g/mol. The van der Waals surface area contributed by atoms with Crippen LogP contribution in [-0.2, 0) is 0 Å². The van der Waals surface area contributed by atoms with E-state index in [-0.39, 0.29) is 6.79 Å². The predicted octanol–water partition coefficient (Wildman–Crippen LogP) is 3.68. The van der Waals surface area contributed by atoms with Gasteiger partial charge in [-0.2, -0.15) is 0 Å². The van der Waals surface area contributed by atoms with Gasteiger partial charge in [0.05, 0.1) is 0 Å². The summed E-state index contributed by atoms with van der Waals surface area (Å²) in [6, 6.07) is 15.7. The summed E-state index contributed by atoms with van der Waals surface area (Å²) < 4.78 is 10.7. The first-order valence-electron chi connectivity index (χ1n) is 6.44. The van der Waals surface area contributed by atoms with Gasteiger partial charge in [0.2, 0.25) is 11.9 Å². The molecule has 0 saturated heterocycles. The molecule has 2 aromatic carbocycles. The zero-order valence-electron chi connectivity index (χ0n) is 10.9. The van der Waals surface area contributed by atoms with Gasteiger partial charge in [-0.1, -0.05) is 29.5 Å². The summed E-state index contributed by atoms with van der Waals surface area (Å²) in [6.07, 6.45) is 0. The van der Waals surface area contributed by atoms with E-state index < -0.39 is 0 Å². The fourth-order valence-electron chi connectivity index (χ4n) is 2.06. The lowest BCUT2D eigenvalue weighted by molar-refractivity contribution is 0.174. The molecule has 4 rings (SSSR count). The minimum absolute atomic E-state index is 0.274. The van der Waals surface area contributed by atoms with Crippen LogP contribution in [0, 0.1) is 0 Å². The fourth-order valence-corrected chi connectivity index (χ4v) is 2.83. The van der Waals surface area contributed by atoms with Gasteiger partial charge in [-0.05, 0) is 30.3 Å². The molecule has 104 valence electrons. The normalized spacial score (nSPS) is 12.4. The quantitative estimate of drug-likeness (QED) is 0.799. The monoisotopic (exact) mass is 297 g/mol. The first-order chi connectivity index (χ1) is 10.4. The molecule has 1 aliphatic rings. The molecule has 2 heterocycles. The minimum atomic E-state index is 0.274. The van der Waals surface area contributed by atoms with Crippen molar-refractivity contribution in [2.75, 3.05) is 12.1 Å². The van der Waals surface area contributed by atoms with Gasteiger partial charge >= 0.3 is 0 Å². The lowest BCUT2D eigenvalue weighted by Gasteiger charge is -2.00. The van der Waals surface area contributed by atoms with Crippen molar-refractivity contribution in [2.24, 2.45) is 0 Å². The highest BCUT2D eigenvalue weighted by atomic mass is 32.1. The molecular formula is C15H11N3O2S. The molecule has 0 fully saturated rings. The highest BCUT2D eigenvalue weighted by Gasteiger charge is 2.15. The molecule has 0 unspecified atom stereocenters. The highest BCUT2D eigenvalue weighted by Crippen LogP contribution is 2.37. The number of nitrogens with one attached hydrogen (secondary N) is 1. The lowest BCUT2D eigenvalue weighted by atomic mass is 10.2. The Morgan fingerprint density at radius 2 is 1.81 bits per heavy atom. The van der Waals surface area contributed by atoms with E-state index in [0.29, 0.717) is 0 Å². The number of anilines is 2. The summed E-state index contributed by atoms with van der Waals surface area (Å²) in [5.74, 6) is 1.52. The van der Waals surface area contributed by atoms with Gasteiger partial charge in [0.15, 0.2) is 11.5 Å². The van der Waals surface area contributed by atoms with Crippen LogP contribution in [0.1, 0.15) is 0 Å². The maximum absolute atomic E-state index is 5.38. The number of hydrogen-bond donors (Lipinski definition) is 1. The number of nitrogens with zero attached hydrogens (tertiary/aromatic N) is 2. The van der Waals surface area contributed by atoms with Crippen molar-refractivity contribution in [1.82, 2.24) is 10.2 Å². The van der Waals surface area contributed by atoms with Crippen molar-refractivity contribution in [3.05, 3.63) is 48.5 Å². The molecule has 6 heteroatoms. The zero-order chi connectivity index (χ0) is 14.1. The van der Waals surface area contributed by atoms with Gasteiger partial charge in [0.1, 0.15) is 5.01 Å². The molecule has 5 nitrogen and oxygen atoms in total. The Bertz CT molecular complexity index is 774. The van der Waals surface area contributed by atoms with E-state index in [1.165, 1.54) is 11.3 Å². The van der Waals surface area contributed by atoms with Crippen LogP contribution >= 0.6 is 11.3 Å². The highest BCUT2D eigenvalue weighted by molar-refractivity contribution is 7.18. The molecule has 3 aromatic rings. The van der Waals surface area contributed by atoms with Gasteiger partial charge in [0, 0.05) is 11.3 Å². The van der Waals surface area contributed by atoms with Crippen LogP contribution in [0.3, 0.4) is 0 Å². The van der Waals surface area contributed by atoms with Gasteiger partial charge in [-0.25, -0.2) is 0 Å². The summed E-state index contributed by atoms with van der Waals surface area (Å²) in [6.45, 7) is 0.274. The summed E-state index contributed by atoms with van der Waals surface area (Å²) >= 11 is 1.50. The Labute approximate surface area is 125 Å². The van der Waals surface area contributed by atoms with E-state index in [1.54, 1.807) is 0 Å². The lowest BCUT2D eigenvalue weighted by Crippen LogP contribution is -1.92. The third kappa shape index (κ3) is 2.41. The van der Waals surface area contributed by atoms with Crippen LogP contribution in [0.4, 0.5) is 10.8 Å². The van der Waals surface area contributed by atoms with Crippen LogP contribution in [-0.4, -0.2) is 17.0 Å². The summed E-state index contributed by atoms with van der Waals surface area (Å²) in [5.41, 5.74) is 1.96. The second-order valence-electron chi connectivity index (χ2n) is 4.47. The van der Waals surface area contributed by atoms with Gasteiger partial charge < -0.3 is 14.8 Å². The van der Waals surface area contributed by atoms with Crippen LogP contribution < -0.4 is 14.8 Å². The van der Waals surface area contributed by atoms with E-state index in [2.05, 4.69) is 15.5 Å². The molecule has 21 heavy (non-hydrogen) atoms. The Hall–Kier alpha value is -2.60. The third-order valence-electron chi connectivity index (χ3n) is 3.07. The molecule has 0 atom stereocenters. The van der Waals surface area contributed by atoms with Crippen LogP contribution in [0.5, 0.6) is 11.5 Å². The molecule has 1 aromatic heterocycles. The summed E-state index contributed by atoms with van der Waals surface area (Å²) in [5, 5.41) is 13.2. The van der Waals surface area contributed by atoms with E-state index in [4.69, 9.17) is 9.47 Å². The Balaban J connectivity index is 1.59. The second kappa shape index (κ2) is 5.06. The molecule has 1 aliphatic heterocycles. The number of aromatic nitrogens is 2. The number of ether oxygens (including phenoxy) is 2. The minimum Gasteiger partial charge on any atom is -0.454 e. The van der Waals surface area contributed by atoms with Crippen molar-refractivity contribution in [1.29, 1.82) is 0 Å². The first-order valence-corrected chi connectivity index (χ1v) is 7.26. The number of fused-ring (bicyclic) bond motifs is 1. The van der Waals surface area contributed by atoms with Crippen LogP contribution in [0.2, 0.25) is 0 Å². The molecule has 0 radical (unpaired) electrons. The Morgan fingerprint density at radius 1 is 0.952 bits per heavy atom.